The molecule has 17 heavy (non-hydrogen) atoms. The zero-order valence-corrected chi connectivity index (χ0v) is 10.1. The van der Waals surface area contributed by atoms with Crippen molar-refractivity contribution in [3.63, 3.8) is 0 Å². The number of benzene rings is 1. The standard InChI is InChI=1S/C10H8BrNO5/c1-6(10(13)14)5-17-9-4-7(12(15)16)2-3-8(9)11/h2-4H,1,5H2,(H,13,14). The van der Waals surface area contributed by atoms with Crippen molar-refractivity contribution >= 4 is 27.6 Å². The first-order valence-electron chi connectivity index (χ1n) is 4.39. The Hall–Kier alpha value is -1.89. The average molecular weight is 302 g/mol. The number of hydrogen-bond donors (Lipinski definition) is 1. The average Bonchev–Trinajstić information content (AvgIpc) is 2.26. The Bertz CT molecular complexity index is 486. The number of ether oxygens (including phenoxy) is 1. The van der Waals surface area contributed by atoms with Gasteiger partial charge >= 0.3 is 5.97 Å². The first kappa shape index (κ1) is 13.2. The predicted molar refractivity (Wildman–Crippen MR) is 63.1 cm³/mol. The van der Waals surface area contributed by atoms with Gasteiger partial charge in [-0.25, -0.2) is 4.79 Å². The van der Waals surface area contributed by atoms with Crippen molar-refractivity contribution in [3.05, 3.63) is 44.9 Å². The largest absolute Gasteiger partial charge is 0.487 e. The Labute approximate surface area is 105 Å². The van der Waals surface area contributed by atoms with Gasteiger partial charge in [-0.1, -0.05) is 6.58 Å². The van der Waals surface area contributed by atoms with Crippen molar-refractivity contribution in [1.29, 1.82) is 0 Å². The highest BCUT2D eigenvalue weighted by Gasteiger charge is 2.12. The van der Waals surface area contributed by atoms with E-state index in [2.05, 4.69) is 22.5 Å². The number of carbonyl (C=O) groups is 1. The lowest BCUT2D eigenvalue weighted by atomic mass is 10.3. The first-order chi connectivity index (χ1) is 7.91. The summed E-state index contributed by atoms with van der Waals surface area (Å²) in [7, 11) is 0. The number of halogens is 1. The first-order valence-corrected chi connectivity index (χ1v) is 5.19. The quantitative estimate of drug-likeness (QED) is 0.512. The molecule has 0 spiro atoms. The molecular weight excluding hydrogens is 294 g/mol. The van der Waals surface area contributed by atoms with Crippen molar-refractivity contribution in [3.8, 4) is 5.75 Å². The second-order valence-corrected chi connectivity index (χ2v) is 3.92. The van der Waals surface area contributed by atoms with Gasteiger partial charge in [0.2, 0.25) is 0 Å². The lowest BCUT2D eigenvalue weighted by Gasteiger charge is -2.07. The molecule has 0 unspecified atom stereocenters. The van der Waals surface area contributed by atoms with Crippen molar-refractivity contribution in [2.45, 2.75) is 0 Å². The summed E-state index contributed by atoms with van der Waals surface area (Å²) in [6.45, 7) is 3.04. The summed E-state index contributed by atoms with van der Waals surface area (Å²) < 4.78 is 5.62. The van der Waals surface area contributed by atoms with Gasteiger partial charge in [0.05, 0.1) is 21.0 Å². The van der Waals surface area contributed by atoms with E-state index in [0.29, 0.717) is 4.47 Å². The van der Waals surface area contributed by atoms with Crippen LogP contribution in [0.3, 0.4) is 0 Å². The highest BCUT2D eigenvalue weighted by Crippen LogP contribution is 2.29. The molecule has 0 aromatic heterocycles. The molecule has 0 heterocycles. The van der Waals surface area contributed by atoms with Crippen molar-refractivity contribution in [1.82, 2.24) is 0 Å². The zero-order valence-electron chi connectivity index (χ0n) is 8.55. The Morgan fingerprint density at radius 2 is 2.24 bits per heavy atom. The van der Waals surface area contributed by atoms with E-state index in [1.165, 1.54) is 18.2 Å². The smallest absolute Gasteiger partial charge is 0.334 e. The Kier molecular flexibility index (Phi) is 4.22. The van der Waals surface area contributed by atoms with Gasteiger partial charge in [-0.15, -0.1) is 0 Å². The Morgan fingerprint density at radius 3 is 2.76 bits per heavy atom. The zero-order chi connectivity index (χ0) is 13.0. The lowest BCUT2D eigenvalue weighted by molar-refractivity contribution is -0.384. The van der Waals surface area contributed by atoms with Crippen molar-refractivity contribution in [2.24, 2.45) is 0 Å². The normalized spacial score (nSPS) is 9.71. The summed E-state index contributed by atoms with van der Waals surface area (Å²) in [5.41, 5.74) is -0.271. The SMILES string of the molecule is C=C(COc1cc([N+](=O)[O-])ccc1Br)C(=O)O. The van der Waals surface area contributed by atoms with Crippen molar-refractivity contribution in [2.75, 3.05) is 6.61 Å². The van der Waals surface area contributed by atoms with E-state index in [9.17, 15) is 14.9 Å². The third-order valence-corrected chi connectivity index (χ3v) is 2.49. The van der Waals surface area contributed by atoms with Gasteiger partial charge in [-0.05, 0) is 22.0 Å². The van der Waals surface area contributed by atoms with Crippen LogP contribution >= 0.6 is 15.9 Å². The second kappa shape index (κ2) is 5.44. The molecular formula is C10H8BrNO5. The molecule has 1 aromatic rings. The molecule has 0 saturated carbocycles. The maximum Gasteiger partial charge on any atom is 0.334 e. The van der Waals surface area contributed by atoms with E-state index in [-0.39, 0.29) is 23.6 Å². The third-order valence-electron chi connectivity index (χ3n) is 1.83. The number of hydrogen-bond acceptors (Lipinski definition) is 4. The maximum atomic E-state index is 10.5. The van der Waals surface area contributed by atoms with E-state index >= 15 is 0 Å². The van der Waals surface area contributed by atoms with E-state index < -0.39 is 10.9 Å². The molecule has 6 nitrogen and oxygen atoms in total. The molecule has 0 aliphatic carbocycles. The molecule has 7 heteroatoms. The number of nitro groups is 1. The molecule has 0 saturated heterocycles. The summed E-state index contributed by atoms with van der Waals surface area (Å²) in [5.74, 6) is -0.979. The van der Waals surface area contributed by atoms with Gasteiger partial charge in [-0.3, -0.25) is 10.1 Å². The van der Waals surface area contributed by atoms with Crippen LogP contribution in [-0.2, 0) is 4.79 Å². The number of nitrogens with zero attached hydrogens (tertiary/aromatic N) is 1. The number of rotatable bonds is 5. The molecule has 0 fully saturated rings. The van der Waals surface area contributed by atoms with E-state index in [4.69, 9.17) is 9.84 Å². The molecule has 0 atom stereocenters. The number of carboxylic acids is 1. The van der Waals surface area contributed by atoms with Crippen LogP contribution in [-0.4, -0.2) is 22.6 Å². The van der Waals surface area contributed by atoms with E-state index in [0.717, 1.165) is 0 Å². The van der Waals surface area contributed by atoms with Gasteiger partial charge in [0.25, 0.3) is 5.69 Å². The fraction of sp³-hybridized carbons (Fsp3) is 0.100. The molecule has 0 aliphatic heterocycles. The minimum absolute atomic E-state index is 0.135. The molecule has 0 radical (unpaired) electrons. The fourth-order valence-electron chi connectivity index (χ4n) is 0.943. The van der Waals surface area contributed by atoms with Crippen LogP contribution in [0.5, 0.6) is 5.75 Å². The number of aliphatic carboxylic acids is 1. The highest BCUT2D eigenvalue weighted by atomic mass is 79.9. The Morgan fingerprint density at radius 1 is 1.59 bits per heavy atom. The van der Waals surface area contributed by atoms with Crippen LogP contribution in [0, 0.1) is 10.1 Å². The summed E-state index contributed by atoms with van der Waals surface area (Å²) in [6.07, 6.45) is 0. The summed E-state index contributed by atoms with van der Waals surface area (Å²) in [6, 6.07) is 3.97. The highest BCUT2D eigenvalue weighted by molar-refractivity contribution is 9.10. The molecule has 1 rings (SSSR count). The van der Waals surface area contributed by atoms with Crippen LogP contribution in [0.2, 0.25) is 0 Å². The van der Waals surface area contributed by atoms with Gasteiger partial charge in [0, 0.05) is 6.07 Å². The van der Waals surface area contributed by atoms with Gasteiger partial charge in [-0.2, -0.15) is 0 Å². The molecule has 1 aromatic carbocycles. The molecule has 0 bridgehead atoms. The molecule has 0 amide bonds. The predicted octanol–water partition coefficient (Wildman–Crippen LogP) is 2.38. The topological polar surface area (TPSA) is 89.7 Å². The van der Waals surface area contributed by atoms with Gasteiger partial charge in [0.15, 0.2) is 0 Å². The number of carboxylic acid groups (broad SMARTS) is 1. The van der Waals surface area contributed by atoms with Crippen LogP contribution in [0.1, 0.15) is 0 Å². The summed E-state index contributed by atoms with van der Waals surface area (Å²) in [4.78, 5) is 20.5. The van der Waals surface area contributed by atoms with E-state index in [1.807, 2.05) is 0 Å². The number of non-ortho nitro benzene ring substituents is 1. The maximum absolute atomic E-state index is 10.5. The second-order valence-electron chi connectivity index (χ2n) is 3.07. The van der Waals surface area contributed by atoms with Gasteiger partial charge < -0.3 is 9.84 Å². The summed E-state index contributed by atoms with van der Waals surface area (Å²) in [5, 5.41) is 19.1. The fourth-order valence-corrected chi connectivity index (χ4v) is 1.30. The van der Waals surface area contributed by atoms with Crippen LogP contribution < -0.4 is 4.74 Å². The van der Waals surface area contributed by atoms with Crippen LogP contribution in [0.15, 0.2) is 34.8 Å². The third kappa shape index (κ3) is 3.56. The molecule has 1 N–H and O–H groups in total. The lowest BCUT2D eigenvalue weighted by Crippen LogP contribution is -2.09. The minimum atomic E-state index is -1.17. The minimum Gasteiger partial charge on any atom is -0.487 e. The number of nitro benzene ring substituents is 1. The van der Waals surface area contributed by atoms with Crippen LogP contribution in [0.25, 0.3) is 0 Å². The van der Waals surface area contributed by atoms with Crippen LogP contribution in [0.4, 0.5) is 5.69 Å². The van der Waals surface area contributed by atoms with E-state index in [1.54, 1.807) is 0 Å². The molecule has 0 aliphatic rings. The van der Waals surface area contributed by atoms with Crippen molar-refractivity contribution < 1.29 is 19.6 Å². The molecule has 90 valence electrons. The summed E-state index contributed by atoms with van der Waals surface area (Å²) >= 11 is 3.14. The monoisotopic (exact) mass is 301 g/mol. The Balaban J connectivity index is 2.83. The van der Waals surface area contributed by atoms with Gasteiger partial charge in [0.1, 0.15) is 12.4 Å².